The maximum absolute atomic E-state index is 10.0. The SMILES string of the molecule is O=CC(O)CCc1ncccn1. The summed E-state index contributed by atoms with van der Waals surface area (Å²) < 4.78 is 0. The zero-order valence-electron chi connectivity index (χ0n) is 6.55. The van der Waals surface area contributed by atoms with Gasteiger partial charge in [-0.2, -0.15) is 0 Å². The molecule has 0 saturated heterocycles. The molecule has 0 aromatic carbocycles. The number of aldehydes is 1. The molecule has 1 aromatic rings. The first kappa shape index (κ1) is 8.80. The highest BCUT2D eigenvalue weighted by Gasteiger charge is 2.02. The third-order valence-corrected chi connectivity index (χ3v) is 1.44. The third kappa shape index (κ3) is 2.75. The summed E-state index contributed by atoms with van der Waals surface area (Å²) in [4.78, 5) is 17.9. The molecule has 0 spiro atoms. The van der Waals surface area contributed by atoms with E-state index in [2.05, 4.69) is 9.97 Å². The molecule has 1 atom stereocenters. The van der Waals surface area contributed by atoms with Gasteiger partial charge < -0.3 is 9.90 Å². The van der Waals surface area contributed by atoms with Gasteiger partial charge in [-0.1, -0.05) is 0 Å². The lowest BCUT2D eigenvalue weighted by atomic mass is 10.2. The summed E-state index contributed by atoms with van der Waals surface area (Å²) in [6.07, 6.45) is 3.80. The van der Waals surface area contributed by atoms with Crippen molar-refractivity contribution in [1.29, 1.82) is 0 Å². The molecule has 0 amide bonds. The molecule has 1 aromatic heterocycles. The molecule has 0 fully saturated rings. The monoisotopic (exact) mass is 166 g/mol. The summed E-state index contributed by atoms with van der Waals surface area (Å²) in [7, 11) is 0. The average molecular weight is 166 g/mol. The van der Waals surface area contributed by atoms with Gasteiger partial charge >= 0.3 is 0 Å². The lowest BCUT2D eigenvalue weighted by molar-refractivity contribution is -0.115. The van der Waals surface area contributed by atoms with Crippen LogP contribution in [0.2, 0.25) is 0 Å². The van der Waals surface area contributed by atoms with Gasteiger partial charge in [0.15, 0.2) is 0 Å². The van der Waals surface area contributed by atoms with Crippen molar-refractivity contribution < 1.29 is 9.90 Å². The first-order chi connectivity index (χ1) is 5.83. The van der Waals surface area contributed by atoms with Gasteiger partial charge in [0.1, 0.15) is 18.2 Å². The number of aliphatic hydroxyl groups is 1. The van der Waals surface area contributed by atoms with Gasteiger partial charge in [-0.3, -0.25) is 0 Å². The fraction of sp³-hybridized carbons (Fsp3) is 0.375. The average Bonchev–Trinajstić information content (AvgIpc) is 2.16. The summed E-state index contributed by atoms with van der Waals surface area (Å²) in [5.41, 5.74) is 0. The van der Waals surface area contributed by atoms with Crippen LogP contribution >= 0.6 is 0 Å². The van der Waals surface area contributed by atoms with Crippen LogP contribution in [0.3, 0.4) is 0 Å². The van der Waals surface area contributed by atoms with Gasteiger partial charge in [-0.15, -0.1) is 0 Å². The lowest BCUT2D eigenvalue weighted by Crippen LogP contribution is -2.09. The molecule has 1 unspecified atom stereocenters. The van der Waals surface area contributed by atoms with Crippen molar-refractivity contribution in [2.75, 3.05) is 0 Å². The third-order valence-electron chi connectivity index (χ3n) is 1.44. The molecule has 1 N–H and O–H groups in total. The largest absolute Gasteiger partial charge is 0.386 e. The Hall–Kier alpha value is -1.29. The first-order valence-electron chi connectivity index (χ1n) is 3.72. The van der Waals surface area contributed by atoms with Crippen LogP contribution in [-0.4, -0.2) is 27.5 Å². The zero-order valence-corrected chi connectivity index (χ0v) is 6.55. The lowest BCUT2D eigenvalue weighted by Gasteiger charge is -2.00. The van der Waals surface area contributed by atoms with E-state index in [4.69, 9.17) is 5.11 Å². The Labute approximate surface area is 70.3 Å². The minimum Gasteiger partial charge on any atom is -0.386 e. The number of nitrogens with zero attached hydrogens (tertiary/aromatic N) is 2. The first-order valence-corrected chi connectivity index (χ1v) is 3.72. The number of carbonyl (C=O) groups is 1. The summed E-state index contributed by atoms with van der Waals surface area (Å²) >= 11 is 0. The summed E-state index contributed by atoms with van der Waals surface area (Å²) in [5, 5.41) is 8.90. The second kappa shape index (κ2) is 4.56. The van der Waals surface area contributed by atoms with Crippen molar-refractivity contribution in [2.45, 2.75) is 18.9 Å². The number of aryl methyl sites for hydroxylation is 1. The van der Waals surface area contributed by atoms with Crippen LogP contribution in [0.25, 0.3) is 0 Å². The summed E-state index contributed by atoms with van der Waals surface area (Å²) in [6.45, 7) is 0. The number of carbonyl (C=O) groups excluding carboxylic acids is 1. The van der Waals surface area contributed by atoms with Crippen LogP contribution in [0.4, 0.5) is 0 Å². The standard InChI is InChI=1S/C8H10N2O2/c11-6-7(12)2-3-8-9-4-1-5-10-8/h1,4-7,12H,2-3H2. The Bertz CT molecular complexity index is 238. The molecular weight excluding hydrogens is 156 g/mol. The van der Waals surface area contributed by atoms with Crippen LogP contribution in [0, 0.1) is 0 Å². The van der Waals surface area contributed by atoms with Crippen LogP contribution in [0.5, 0.6) is 0 Å². The highest BCUT2D eigenvalue weighted by Crippen LogP contribution is 1.96. The van der Waals surface area contributed by atoms with E-state index in [0.717, 1.165) is 0 Å². The van der Waals surface area contributed by atoms with Gasteiger partial charge in [-0.25, -0.2) is 9.97 Å². The van der Waals surface area contributed by atoms with E-state index in [1.54, 1.807) is 18.5 Å². The Morgan fingerprint density at radius 2 is 2.17 bits per heavy atom. The highest BCUT2D eigenvalue weighted by molar-refractivity contribution is 5.55. The van der Waals surface area contributed by atoms with Gasteiger partial charge in [0.05, 0.1) is 0 Å². The Balaban J connectivity index is 2.38. The number of rotatable bonds is 4. The van der Waals surface area contributed by atoms with E-state index >= 15 is 0 Å². The topological polar surface area (TPSA) is 63.1 Å². The quantitative estimate of drug-likeness (QED) is 0.638. The molecule has 1 rings (SSSR count). The maximum atomic E-state index is 10.0. The van der Waals surface area contributed by atoms with Crippen molar-refractivity contribution in [3.63, 3.8) is 0 Å². The van der Waals surface area contributed by atoms with E-state index < -0.39 is 6.10 Å². The van der Waals surface area contributed by atoms with Crippen molar-refractivity contribution in [2.24, 2.45) is 0 Å². The summed E-state index contributed by atoms with van der Waals surface area (Å²) in [6, 6.07) is 1.72. The number of hydrogen-bond acceptors (Lipinski definition) is 4. The fourth-order valence-electron chi connectivity index (χ4n) is 0.804. The molecule has 12 heavy (non-hydrogen) atoms. The second-order valence-corrected chi connectivity index (χ2v) is 2.41. The predicted octanol–water partition coefficient (Wildman–Crippen LogP) is -0.0310. The van der Waals surface area contributed by atoms with Crippen LogP contribution < -0.4 is 0 Å². The van der Waals surface area contributed by atoms with Crippen molar-refractivity contribution in [3.8, 4) is 0 Å². The highest BCUT2D eigenvalue weighted by atomic mass is 16.3. The van der Waals surface area contributed by atoms with Crippen LogP contribution in [0.1, 0.15) is 12.2 Å². The molecule has 0 aliphatic rings. The van der Waals surface area contributed by atoms with Gasteiger partial charge in [-0.05, 0) is 12.5 Å². The van der Waals surface area contributed by atoms with E-state index in [1.807, 2.05) is 0 Å². The normalized spacial score (nSPS) is 12.4. The van der Waals surface area contributed by atoms with E-state index in [0.29, 0.717) is 25.0 Å². The smallest absolute Gasteiger partial charge is 0.148 e. The van der Waals surface area contributed by atoms with Gasteiger partial charge in [0, 0.05) is 18.8 Å². The number of aromatic nitrogens is 2. The second-order valence-electron chi connectivity index (χ2n) is 2.41. The van der Waals surface area contributed by atoms with E-state index in [1.165, 1.54) is 0 Å². The Morgan fingerprint density at radius 3 is 2.75 bits per heavy atom. The van der Waals surface area contributed by atoms with Crippen molar-refractivity contribution in [1.82, 2.24) is 9.97 Å². The minimum atomic E-state index is -0.895. The predicted molar refractivity (Wildman–Crippen MR) is 42.4 cm³/mol. The van der Waals surface area contributed by atoms with Crippen molar-refractivity contribution >= 4 is 6.29 Å². The Morgan fingerprint density at radius 1 is 1.50 bits per heavy atom. The molecule has 4 heteroatoms. The molecule has 0 aliphatic heterocycles. The Kier molecular flexibility index (Phi) is 3.35. The molecule has 4 nitrogen and oxygen atoms in total. The fourth-order valence-corrected chi connectivity index (χ4v) is 0.804. The molecule has 0 radical (unpaired) electrons. The maximum Gasteiger partial charge on any atom is 0.148 e. The molecule has 64 valence electrons. The molecule has 1 heterocycles. The molecule has 0 bridgehead atoms. The molecule has 0 saturated carbocycles. The minimum absolute atomic E-state index is 0.382. The van der Waals surface area contributed by atoms with Crippen LogP contribution in [-0.2, 0) is 11.2 Å². The van der Waals surface area contributed by atoms with Crippen LogP contribution in [0.15, 0.2) is 18.5 Å². The van der Waals surface area contributed by atoms with E-state index in [-0.39, 0.29) is 0 Å². The molecule has 0 aliphatic carbocycles. The molecular formula is C8H10N2O2. The van der Waals surface area contributed by atoms with E-state index in [9.17, 15) is 4.79 Å². The summed E-state index contributed by atoms with van der Waals surface area (Å²) in [5.74, 6) is 0.651. The number of hydrogen-bond donors (Lipinski definition) is 1. The van der Waals surface area contributed by atoms with Crippen molar-refractivity contribution in [3.05, 3.63) is 24.3 Å². The van der Waals surface area contributed by atoms with Gasteiger partial charge in [0.2, 0.25) is 0 Å². The zero-order chi connectivity index (χ0) is 8.81. The van der Waals surface area contributed by atoms with Gasteiger partial charge in [0.25, 0.3) is 0 Å². The number of aliphatic hydroxyl groups excluding tert-OH is 1.